The van der Waals surface area contributed by atoms with E-state index in [1.807, 2.05) is 12.1 Å². The molecule has 2 saturated carbocycles. The SMILES string of the molecule is C=C1CCC[C@]2(C)C[C@H]3OC(=O)C(CN4CCN(c5cccc(OC)c5)CC4)[C@H]3CC12. The molecule has 168 valence electrons. The minimum atomic E-state index is 0.0210. The van der Waals surface area contributed by atoms with Gasteiger partial charge in [-0.1, -0.05) is 25.1 Å². The van der Waals surface area contributed by atoms with Gasteiger partial charge in [-0.2, -0.15) is 0 Å². The van der Waals surface area contributed by atoms with Crippen molar-refractivity contribution in [2.45, 2.75) is 45.1 Å². The topological polar surface area (TPSA) is 42.0 Å². The van der Waals surface area contributed by atoms with E-state index in [2.05, 4.69) is 35.4 Å². The van der Waals surface area contributed by atoms with Gasteiger partial charge in [0.1, 0.15) is 11.9 Å². The van der Waals surface area contributed by atoms with Gasteiger partial charge < -0.3 is 14.4 Å². The number of methoxy groups -OCH3 is 1. The molecule has 1 aromatic carbocycles. The van der Waals surface area contributed by atoms with Crippen LogP contribution in [0.1, 0.15) is 39.0 Å². The maximum Gasteiger partial charge on any atom is 0.310 e. The molecule has 5 rings (SSSR count). The van der Waals surface area contributed by atoms with E-state index >= 15 is 0 Å². The number of anilines is 1. The Morgan fingerprint density at radius 3 is 2.84 bits per heavy atom. The molecule has 31 heavy (non-hydrogen) atoms. The molecular formula is C26H36N2O3. The average Bonchev–Trinajstić information content (AvgIpc) is 3.06. The molecule has 4 fully saturated rings. The lowest BCUT2D eigenvalue weighted by atomic mass is 9.55. The number of fused-ring (bicyclic) bond motifs is 2. The van der Waals surface area contributed by atoms with Crippen molar-refractivity contribution in [2.24, 2.45) is 23.2 Å². The number of nitrogens with zero attached hydrogens (tertiary/aromatic N) is 2. The molecular weight excluding hydrogens is 388 g/mol. The summed E-state index contributed by atoms with van der Waals surface area (Å²) in [4.78, 5) is 17.7. The van der Waals surface area contributed by atoms with E-state index in [9.17, 15) is 4.79 Å². The molecule has 5 nitrogen and oxygen atoms in total. The van der Waals surface area contributed by atoms with Crippen molar-refractivity contribution in [1.82, 2.24) is 4.90 Å². The number of esters is 1. The van der Waals surface area contributed by atoms with Crippen molar-refractivity contribution in [1.29, 1.82) is 0 Å². The van der Waals surface area contributed by atoms with E-state index < -0.39 is 0 Å². The van der Waals surface area contributed by atoms with Crippen LogP contribution in [0.3, 0.4) is 0 Å². The Bertz CT molecular complexity index is 847. The predicted molar refractivity (Wildman–Crippen MR) is 122 cm³/mol. The molecule has 1 aromatic rings. The number of allylic oxidation sites excluding steroid dienone is 1. The molecule has 5 atom stereocenters. The quantitative estimate of drug-likeness (QED) is 0.537. The summed E-state index contributed by atoms with van der Waals surface area (Å²) in [7, 11) is 1.71. The number of benzene rings is 1. The highest BCUT2D eigenvalue weighted by Gasteiger charge is 2.55. The van der Waals surface area contributed by atoms with Crippen LogP contribution in [0.15, 0.2) is 36.4 Å². The Morgan fingerprint density at radius 1 is 1.26 bits per heavy atom. The Balaban J connectivity index is 1.22. The molecule has 2 aliphatic carbocycles. The molecule has 2 heterocycles. The number of carbonyl (C=O) groups is 1. The van der Waals surface area contributed by atoms with Gasteiger partial charge in [0.15, 0.2) is 0 Å². The Hall–Kier alpha value is -2.01. The highest BCUT2D eigenvalue weighted by molar-refractivity contribution is 5.75. The Kier molecular flexibility index (Phi) is 5.49. The van der Waals surface area contributed by atoms with Crippen LogP contribution >= 0.6 is 0 Å². The number of carbonyl (C=O) groups excluding carboxylic acids is 1. The highest BCUT2D eigenvalue weighted by atomic mass is 16.6. The molecule has 2 saturated heterocycles. The standard InChI is InChI=1S/C26H36N2O3/c1-18-6-5-9-26(2)16-24-21(15-23(18)26)22(25(29)31-24)17-27-10-12-28(13-11-27)19-7-4-8-20(14-19)30-3/h4,7-8,14,21-24H,1,5-6,9-13,15-17H2,2-3H3/t21-,22?,23?,24-,26-/m1/s1. The maximum absolute atomic E-state index is 12.9. The van der Waals surface area contributed by atoms with Gasteiger partial charge in [-0.3, -0.25) is 9.69 Å². The van der Waals surface area contributed by atoms with Gasteiger partial charge in [-0.25, -0.2) is 0 Å². The van der Waals surface area contributed by atoms with Crippen LogP contribution in [-0.2, 0) is 9.53 Å². The Morgan fingerprint density at radius 2 is 2.06 bits per heavy atom. The first-order valence-electron chi connectivity index (χ1n) is 12.0. The normalized spacial score (nSPS) is 36.0. The minimum absolute atomic E-state index is 0.0210. The maximum atomic E-state index is 12.9. The molecule has 0 aromatic heterocycles. The molecule has 0 N–H and O–H groups in total. The van der Waals surface area contributed by atoms with Crippen LogP contribution in [0.25, 0.3) is 0 Å². The number of ether oxygens (including phenoxy) is 2. The lowest BCUT2D eigenvalue weighted by Gasteiger charge is -2.50. The predicted octanol–water partition coefficient (Wildman–Crippen LogP) is 4.13. The lowest BCUT2D eigenvalue weighted by Crippen LogP contribution is -2.50. The van der Waals surface area contributed by atoms with Crippen LogP contribution in [0.5, 0.6) is 5.75 Å². The van der Waals surface area contributed by atoms with Crippen LogP contribution < -0.4 is 9.64 Å². The van der Waals surface area contributed by atoms with Crippen LogP contribution in [0.4, 0.5) is 5.69 Å². The fourth-order valence-electron chi connectivity index (χ4n) is 6.74. The highest BCUT2D eigenvalue weighted by Crippen LogP contribution is 2.56. The second-order valence-electron chi connectivity index (χ2n) is 10.4. The summed E-state index contributed by atoms with van der Waals surface area (Å²) in [6, 6.07) is 8.28. The van der Waals surface area contributed by atoms with Crippen molar-refractivity contribution in [2.75, 3.05) is 44.7 Å². The fraction of sp³-hybridized carbons (Fsp3) is 0.654. The van der Waals surface area contributed by atoms with Crippen molar-refractivity contribution in [3.05, 3.63) is 36.4 Å². The summed E-state index contributed by atoms with van der Waals surface area (Å²) in [6.07, 6.45) is 5.85. The second kappa shape index (κ2) is 8.16. The van der Waals surface area contributed by atoms with E-state index in [1.165, 1.54) is 24.1 Å². The number of rotatable bonds is 4. The van der Waals surface area contributed by atoms with Crippen molar-refractivity contribution < 1.29 is 14.3 Å². The third kappa shape index (κ3) is 3.86. The lowest BCUT2D eigenvalue weighted by molar-refractivity contribution is -0.146. The largest absolute Gasteiger partial charge is 0.497 e. The summed E-state index contributed by atoms with van der Waals surface area (Å²) in [5, 5.41) is 0. The summed E-state index contributed by atoms with van der Waals surface area (Å²) >= 11 is 0. The summed E-state index contributed by atoms with van der Waals surface area (Å²) in [6.45, 7) is 11.6. The third-order valence-corrected chi connectivity index (χ3v) is 8.57. The molecule has 0 amide bonds. The van der Waals surface area contributed by atoms with E-state index in [1.54, 1.807) is 7.11 Å². The summed E-state index contributed by atoms with van der Waals surface area (Å²) in [5.41, 5.74) is 2.90. The molecule has 2 unspecified atom stereocenters. The monoisotopic (exact) mass is 424 g/mol. The van der Waals surface area contributed by atoms with Gasteiger partial charge in [0.2, 0.25) is 0 Å². The molecule has 0 bridgehead atoms. The fourth-order valence-corrected chi connectivity index (χ4v) is 6.74. The zero-order chi connectivity index (χ0) is 21.6. The van der Waals surface area contributed by atoms with E-state index in [0.29, 0.717) is 11.8 Å². The van der Waals surface area contributed by atoms with Gasteiger partial charge in [0, 0.05) is 50.4 Å². The first-order chi connectivity index (χ1) is 15.0. The van der Waals surface area contributed by atoms with Crippen LogP contribution in [0, 0.1) is 23.2 Å². The van der Waals surface area contributed by atoms with Crippen molar-refractivity contribution in [3.63, 3.8) is 0 Å². The van der Waals surface area contributed by atoms with Crippen LogP contribution in [-0.4, -0.2) is 56.8 Å². The number of hydrogen-bond donors (Lipinski definition) is 0. The zero-order valence-electron chi connectivity index (χ0n) is 19.0. The Labute approximate surface area is 186 Å². The smallest absolute Gasteiger partial charge is 0.310 e. The van der Waals surface area contributed by atoms with Gasteiger partial charge in [0.25, 0.3) is 0 Å². The van der Waals surface area contributed by atoms with Gasteiger partial charge in [-0.15, -0.1) is 0 Å². The molecule has 0 radical (unpaired) electrons. The molecule has 2 aliphatic heterocycles. The van der Waals surface area contributed by atoms with Gasteiger partial charge >= 0.3 is 5.97 Å². The van der Waals surface area contributed by atoms with E-state index in [0.717, 1.165) is 57.7 Å². The average molecular weight is 425 g/mol. The summed E-state index contributed by atoms with van der Waals surface area (Å²) in [5.74, 6) is 1.88. The molecule has 0 spiro atoms. The van der Waals surface area contributed by atoms with E-state index in [4.69, 9.17) is 9.47 Å². The molecule has 4 aliphatic rings. The van der Waals surface area contributed by atoms with Crippen LogP contribution in [0.2, 0.25) is 0 Å². The zero-order valence-corrected chi connectivity index (χ0v) is 19.0. The summed E-state index contributed by atoms with van der Waals surface area (Å²) < 4.78 is 11.3. The number of hydrogen-bond acceptors (Lipinski definition) is 5. The minimum Gasteiger partial charge on any atom is -0.497 e. The second-order valence-corrected chi connectivity index (χ2v) is 10.4. The first kappa shape index (κ1) is 20.9. The first-order valence-corrected chi connectivity index (χ1v) is 12.0. The van der Waals surface area contributed by atoms with Crippen molar-refractivity contribution >= 4 is 11.7 Å². The van der Waals surface area contributed by atoms with Gasteiger partial charge in [-0.05, 0) is 55.6 Å². The van der Waals surface area contributed by atoms with E-state index in [-0.39, 0.29) is 23.4 Å². The van der Waals surface area contributed by atoms with Gasteiger partial charge in [0.05, 0.1) is 13.0 Å². The number of piperazine rings is 1. The van der Waals surface area contributed by atoms with Crippen molar-refractivity contribution in [3.8, 4) is 5.75 Å². The third-order valence-electron chi connectivity index (χ3n) is 8.57. The molecule has 5 heteroatoms.